The molecule has 0 bridgehead atoms. The van der Waals surface area contributed by atoms with Gasteiger partial charge in [-0.1, -0.05) is 35.4 Å². The minimum atomic E-state index is -4.67. The molecule has 2 aromatic carbocycles. The van der Waals surface area contributed by atoms with Crippen LogP contribution in [-0.4, -0.2) is 56.3 Å². The van der Waals surface area contributed by atoms with Crippen LogP contribution >= 0.6 is 11.6 Å². The van der Waals surface area contributed by atoms with Crippen molar-refractivity contribution in [1.29, 1.82) is 0 Å². The predicted molar refractivity (Wildman–Crippen MR) is 116 cm³/mol. The number of piperazine rings is 1. The number of nitrogens with zero attached hydrogens (tertiary/aromatic N) is 2. The Kier molecular flexibility index (Phi) is 7.18. The highest BCUT2D eigenvalue weighted by molar-refractivity contribution is 7.89. The number of carbonyl (C=O) groups excluding carboxylic acids is 1. The van der Waals surface area contributed by atoms with E-state index in [0.717, 1.165) is 17.7 Å². The maximum Gasteiger partial charge on any atom is 0.418 e. The van der Waals surface area contributed by atoms with Crippen molar-refractivity contribution in [3.05, 3.63) is 58.1 Å². The SMILES string of the molecule is Cc1ccc(S(=O)(=O)N2CCN(CC(=O)Nc3c(Cl)cccc3C(F)(F)F)CC2)c(C)c1. The van der Waals surface area contributed by atoms with Crippen molar-refractivity contribution >= 4 is 33.2 Å². The van der Waals surface area contributed by atoms with Crippen molar-refractivity contribution in [1.82, 2.24) is 9.21 Å². The van der Waals surface area contributed by atoms with Gasteiger partial charge in [0, 0.05) is 26.2 Å². The molecule has 0 aromatic heterocycles. The first kappa shape index (κ1) is 24.5. The van der Waals surface area contributed by atoms with E-state index >= 15 is 0 Å². The number of aryl methyl sites for hydroxylation is 2. The summed E-state index contributed by atoms with van der Waals surface area (Å²) >= 11 is 5.87. The first-order chi connectivity index (χ1) is 14.9. The summed E-state index contributed by atoms with van der Waals surface area (Å²) in [5, 5.41) is 2.04. The molecule has 1 aliphatic heterocycles. The van der Waals surface area contributed by atoms with Crippen molar-refractivity contribution in [3.63, 3.8) is 0 Å². The van der Waals surface area contributed by atoms with Gasteiger partial charge < -0.3 is 5.32 Å². The highest BCUT2D eigenvalue weighted by Gasteiger charge is 2.35. The lowest BCUT2D eigenvalue weighted by molar-refractivity contribution is -0.137. The van der Waals surface area contributed by atoms with E-state index in [4.69, 9.17) is 11.6 Å². The van der Waals surface area contributed by atoms with Crippen LogP contribution in [0.4, 0.5) is 18.9 Å². The molecule has 1 heterocycles. The summed E-state index contributed by atoms with van der Waals surface area (Å²) in [5.74, 6) is -0.658. The number of para-hydroxylation sites is 1. The Morgan fingerprint density at radius 2 is 1.75 bits per heavy atom. The molecule has 1 fully saturated rings. The van der Waals surface area contributed by atoms with Gasteiger partial charge in [-0.3, -0.25) is 9.69 Å². The van der Waals surface area contributed by atoms with Gasteiger partial charge in [0.05, 0.1) is 27.7 Å². The van der Waals surface area contributed by atoms with Crippen molar-refractivity contribution in [2.24, 2.45) is 0 Å². The number of benzene rings is 2. The molecule has 0 unspecified atom stereocenters. The summed E-state index contributed by atoms with van der Waals surface area (Å²) in [6, 6.07) is 8.40. The summed E-state index contributed by atoms with van der Waals surface area (Å²) in [7, 11) is -3.67. The third-order valence-electron chi connectivity index (χ3n) is 5.23. The van der Waals surface area contributed by atoms with E-state index in [1.165, 1.54) is 10.4 Å². The highest BCUT2D eigenvalue weighted by Crippen LogP contribution is 2.38. The average molecular weight is 490 g/mol. The molecule has 1 saturated heterocycles. The van der Waals surface area contributed by atoms with E-state index in [1.54, 1.807) is 30.0 Å². The van der Waals surface area contributed by atoms with Gasteiger partial charge in [-0.05, 0) is 37.6 Å². The lowest BCUT2D eigenvalue weighted by atomic mass is 10.1. The number of carbonyl (C=O) groups is 1. The lowest BCUT2D eigenvalue weighted by Gasteiger charge is -2.33. The molecule has 32 heavy (non-hydrogen) atoms. The number of hydrogen-bond acceptors (Lipinski definition) is 4. The Morgan fingerprint density at radius 1 is 1.09 bits per heavy atom. The van der Waals surface area contributed by atoms with Crippen LogP contribution in [0.1, 0.15) is 16.7 Å². The van der Waals surface area contributed by atoms with Crippen LogP contribution in [0.2, 0.25) is 5.02 Å². The lowest BCUT2D eigenvalue weighted by Crippen LogP contribution is -2.50. The van der Waals surface area contributed by atoms with E-state index in [9.17, 15) is 26.4 Å². The summed E-state index contributed by atoms with van der Waals surface area (Å²) in [4.78, 5) is 14.3. The number of halogens is 4. The maximum absolute atomic E-state index is 13.2. The number of amides is 1. The fraction of sp³-hybridized carbons (Fsp3) is 0.381. The van der Waals surface area contributed by atoms with Gasteiger partial charge in [0.1, 0.15) is 0 Å². The summed E-state index contributed by atoms with van der Waals surface area (Å²) in [6.07, 6.45) is -4.67. The summed E-state index contributed by atoms with van der Waals surface area (Å²) in [5.41, 5.74) is 0.113. The van der Waals surface area contributed by atoms with Crippen LogP contribution in [-0.2, 0) is 21.0 Å². The Bertz CT molecular complexity index is 1120. The van der Waals surface area contributed by atoms with Crippen molar-refractivity contribution < 1.29 is 26.4 Å². The molecule has 0 radical (unpaired) electrons. The minimum absolute atomic E-state index is 0.169. The smallest absolute Gasteiger partial charge is 0.323 e. The quantitative estimate of drug-likeness (QED) is 0.691. The molecule has 0 aliphatic carbocycles. The second kappa shape index (κ2) is 9.38. The van der Waals surface area contributed by atoms with E-state index in [-0.39, 0.29) is 42.6 Å². The summed E-state index contributed by atoms with van der Waals surface area (Å²) < 4.78 is 66.9. The van der Waals surface area contributed by atoms with Crippen LogP contribution < -0.4 is 5.32 Å². The highest BCUT2D eigenvalue weighted by atomic mass is 35.5. The van der Waals surface area contributed by atoms with Gasteiger partial charge in [0.2, 0.25) is 15.9 Å². The average Bonchev–Trinajstić information content (AvgIpc) is 2.68. The zero-order chi connectivity index (χ0) is 23.7. The zero-order valence-electron chi connectivity index (χ0n) is 17.5. The van der Waals surface area contributed by atoms with Crippen LogP contribution in [0, 0.1) is 13.8 Å². The summed E-state index contributed by atoms with van der Waals surface area (Å²) in [6.45, 7) is 4.32. The molecular weight excluding hydrogens is 467 g/mol. The van der Waals surface area contributed by atoms with Gasteiger partial charge in [0.15, 0.2) is 0 Å². The molecule has 0 saturated carbocycles. The standard InChI is InChI=1S/C21H23ClF3N3O3S/c1-14-6-7-18(15(2)12-14)32(30,31)28-10-8-27(9-11-28)13-19(29)26-20-16(21(23,24)25)4-3-5-17(20)22/h3-7,12H,8-11,13H2,1-2H3,(H,26,29). The van der Waals surface area contributed by atoms with Crippen molar-refractivity contribution in [2.45, 2.75) is 24.9 Å². The molecule has 0 spiro atoms. The Morgan fingerprint density at radius 3 is 2.34 bits per heavy atom. The van der Waals surface area contributed by atoms with Crippen molar-refractivity contribution in [3.8, 4) is 0 Å². The number of sulfonamides is 1. The number of hydrogen-bond donors (Lipinski definition) is 1. The van der Waals surface area contributed by atoms with Crippen LogP contribution in [0.25, 0.3) is 0 Å². The number of rotatable bonds is 5. The molecule has 2 aromatic rings. The predicted octanol–water partition coefficient (Wildman–Crippen LogP) is 3.92. The molecular formula is C21H23ClF3N3O3S. The van der Waals surface area contributed by atoms with E-state index in [1.807, 2.05) is 6.92 Å². The molecule has 0 atom stereocenters. The molecule has 1 aliphatic rings. The molecule has 1 N–H and O–H groups in total. The van der Waals surface area contributed by atoms with Gasteiger partial charge in [-0.15, -0.1) is 0 Å². The van der Waals surface area contributed by atoms with Crippen LogP contribution in [0.15, 0.2) is 41.3 Å². The third kappa shape index (κ3) is 5.43. The zero-order valence-corrected chi connectivity index (χ0v) is 19.1. The van der Waals surface area contributed by atoms with E-state index in [0.29, 0.717) is 5.56 Å². The van der Waals surface area contributed by atoms with Crippen LogP contribution in [0.5, 0.6) is 0 Å². The fourth-order valence-corrected chi connectivity index (χ4v) is 5.48. The second-order valence-corrected chi connectivity index (χ2v) is 9.97. The topological polar surface area (TPSA) is 69.7 Å². The number of alkyl halides is 3. The van der Waals surface area contributed by atoms with Crippen molar-refractivity contribution in [2.75, 3.05) is 38.0 Å². The monoisotopic (exact) mass is 489 g/mol. The van der Waals surface area contributed by atoms with Crippen LogP contribution in [0.3, 0.4) is 0 Å². The van der Waals surface area contributed by atoms with E-state index in [2.05, 4.69) is 5.32 Å². The third-order valence-corrected chi connectivity index (χ3v) is 7.60. The second-order valence-electron chi connectivity index (χ2n) is 7.66. The first-order valence-corrected chi connectivity index (χ1v) is 11.7. The fourth-order valence-electron chi connectivity index (χ4n) is 3.63. The Labute approximate surface area is 190 Å². The number of nitrogens with one attached hydrogen (secondary N) is 1. The Balaban J connectivity index is 1.63. The Hall–Kier alpha value is -2.14. The molecule has 6 nitrogen and oxygen atoms in total. The molecule has 174 valence electrons. The van der Waals surface area contributed by atoms with Gasteiger partial charge >= 0.3 is 6.18 Å². The molecule has 3 rings (SSSR count). The van der Waals surface area contributed by atoms with E-state index < -0.39 is 33.4 Å². The molecule has 1 amide bonds. The van der Waals surface area contributed by atoms with Gasteiger partial charge in [0.25, 0.3) is 0 Å². The maximum atomic E-state index is 13.2. The molecule has 11 heteroatoms. The minimum Gasteiger partial charge on any atom is -0.323 e. The number of anilines is 1. The normalized spacial score (nSPS) is 16.2. The largest absolute Gasteiger partial charge is 0.418 e. The first-order valence-electron chi connectivity index (χ1n) is 9.85. The van der Waals surface area contributed by atoms with Gasteiger partial charge in [-0.25, -0.2) is 8.42 Å². The van der Waals surface area contributed by atoms with Gasteiger partial charge in [-0.2, -0.15) is 17.5 Å².